The number of likely N-dealkylation sites (tertiary alicyclic amines) is 1. The zero-order chi connectivity index (χ0) is 22.8. The minimum absolute atomic E-state index is 0.0640. The third-order valence-electron chi connectivity index (χ3n) is 5.55. The van der Waals surface area contributed by atoms with E-state index in [0.717, 1.165) is 19.3 Å². The number of nitrogens with zero attached hydrogens (tertiary/aromatic N) is 3. The van der Waals surface area contributed by atoms with Gasteiger partial charge in [-0.05, 0) is 58.2 Å². The molecule has 1 unspecified atom stereocenters. The van der Waals surface area contributed by atoms with Crippen molar-refractivity contribution in [2.75, 3.05) is 43.1 Å². The molecule has 2 heterocycles. The van der Waals surface area contributed by atoms with Gasteiger partial charge in [0.15, 0.2) is 0 Å². The molecule has 31 heavy (non-hydrogen) atoms. The average Bonchev–Trinajstić information content (AvgIpc) is 2.91. The van der Waals surface area contributed by atoms with Gasteiger partial charge in [-0.25, -0.2) is 14.0 Å². The lowest BCUT2D eigenvalue weighted by atomic mass is 10.1. The summed E-state index contributed by atoms with van der Waals surface area (Å²) in [5.41, 5.74) is 0.205. The number of carbonyl (C=O) groups is 2. The molecule has 9 heteroatoms. The number of ether oxygens (including phenoxy) is 2. The van der Waals surface area contributed by atoms with E-state index in [4.69, 9.17) is 9.47 Å². The molecule has 1 aromatic rings. The van der Waals surface area contributed by atoms with Gasteiger partial charge in [-0.15, -0.1) is 0 Å². The quantitative estimate of drug-likeness (QED) is 0.778. The number of cyclic esters (lactones) is 1. The Hall–Kier alpha value is -2.55. The van der Waals surface area contributed by atoms with Crippen molar-refractivity contribution in [3.8, 4) is 0 Å². The van der Waals surface area contributed by atoms with Crippen molar-refractivity contribution < 1.29 is 28.6 Å². The number of hydrogen-bond acceptors (Lipinski definition) is 6. The lowest BCUT2D eigenvalue weighted by molar-refractivity contribution is 0.0249. The highest BCUT2D eigenvalue weighted by Gasteiger charge is 2.33. The van der Waals surface area contributed by atoms with Crippen molar-refractivity contribution in [3.05, 3.63) is 24.0 Å². The summed E-state index contributed by atoms with van der Waals surface area (Å²) < 4.78 is 25.6. The lowest BCUT2D eigenvalue weighted by Gasteiger charge is -2.33. The fourth-order valence-corrected chi connectivity index (χ4v) is 3.90. The van der Waals surface area contributed by atoms with Gasteiger partial charge in [-0.3, -0.25) is 4.90 Å². The smallest absolute Gasteiger partial charge is 0.414 e. The normalized spacial score (nSPS) is 22.2. The third-order valence-corrected chi connectivity index (χ3v) is 5.55. The van der Waals surface area contributed by atoms with Gasteiger partial charge in [-0.2, -0.15) is 0 Å². The molecule has 172 valence electrons. The van der Waals surface area contributed by atoms with E-state index < -0.39 is 23.6 Å². The van der Waals surface area contributed by atoms with E-state index in [9.17, 15) is 14.7 Å². The molecule has 0 bridgehead atoms. The summed E-state index contributed by atoms with van der Waals surface area (Å²) in [4.78, 5) is 29.4. The Bertz CT molecular complexity index is 813. The van der Waals surface area contributed by atoms with Gasteiger partial charge in [-0.1, -0.05) is 0 Å². The van der Waals surface area contributed by atoms with Gasteiger partial charge in [0, 0.05) is 26.2 Å². The van der Waals surface area contributed by atoms with Crippen LogP contribution in [0.1, 0.15) is 40.0 Å². The van der Waals surface area contributed by atoms with E-state index in [0.29, 0.717) is 24.5 Å². The van der Waals surface area contributed by atoms with Gasteiger partial charge < -0.3 is 24.4 Å². The highest BCUT2D eigenvalue weighted by molar-refractivity contribution is 5.90. The number of amides is 2. The predicted molar refractivity (Wildman–Crippen MR) is 115 cm³/mol. The fraction of sp³-hybridized carbons (Fsp3) is 0.636. The molecule has 1 aromatic carbocycles. The van der Waals surface area contributed by atoms with E-state index in [1.807, 2.05) is 32.7 Å². The Balaban J connectivity index is 1.73. The summed E-state index contributed by atoms with van der Waals surface area (Å²) in [6.07, 6.45) is 1.06. The molecule has 0 aliphatic carbocycles. The number of carbonyl (C=O) groups excluding carboxylic acids is 2. The highest BCUT2D eigenvalue weighted by atomic mass is 19.1. The van der Waals surface area contributed by atoms with E-state index in [1.165, 1.54) is 11.0 Å². The van der Waals surface area contributed by atoms with Crippen LogP contribution in [0.4, 0.5) is 25.4 Å². The summed E-state index contributed by atoms with van der Waals surface area (Å²) in [5.74, 6) is -0.465. The molecule has 2 atom stereocenters. The minimum Gasteiger partial charge on any atom is -0.444 e. The number of likely N-dealkylation sites (N-methyl/N-ethyl adjacent to an activating group) is 1. The first-order chi connectivity index (χ1) is 14.6. The molecule has 0 saturated carbocycles. The van der Waals surface area contributed by atoms with Gasteiger partial charge in [0.1, 0.15) is 17.5 Å². The number of hydrogen-bond donors (Lipinski definition) is 1. The van der Waals surface area contributed by atoms with Crippen LogP contribution >= 0.6 is 0 Å². The molecule has 2 amide bonds. The molecule has 0 spiro atoms. The lowest BCUT2D eigenvalue weighted by Crippen LogP contribution is -2.45. The Morgan fingerprint density at radius 3 is 2.68 bits per heavy atom. The van der Waals surface area contributed by atoms with Gasteiger partial charge in [0.2, 0.25) is 0 Å². The summed E-state index contributed by atoms with van der Waals surface area (Å²) in [7, 11) is 1.81. The van der Waals surface area contributed by atoms with Crippen molar-refractivity contribution in [1.29, 1.82) is 0 Å². The first-order valence-electron chi connectivity index (χ1n) is 10.7. The maximum atomic E-state index is 15.0. The minimum atomic E-state index is -0.609. The zero-order valence-corrected chi connectivity index (χ0v) is 18.6. The molecular formula is C22H32FN3O5. The van der Waals surface area contributed by atoms with Gasteiger partial charge >= 0.3 is 12.2 Å². The highest BCUT2D eigenvalue weighted by Crippen LogP contribution is 2.30. The second kappa shape index (κ2) is 9.30. The molecule has 1 N–H and O–H groups in total. The van der Waals surface area contributed by atoms with Gasteiger partial charge in [0.05, 0.1) is 24.5 Å². The second-order valence-corrected chi connectivity index (χ2v) is 9.12. The summed E-state index contributed by atoms with van der Waals surface area (Å²) >= 11 is 0. The largest absolute Gasteiger partial charge is 0.444 e. The van der Waals surface area contributed by atoms with Crippen molar-refractivity contribution in [2.45, 2.75) is 57.8 Å². The SMILES string of the molecule is CN(c1ccc(N2C[C@H](CO)OC2=O)cc1F)C1CCCCN(C(=O)OC(C)(C)C)C1. The van der Waals surface area contributed by atoms with Crippen LogP contribution in [-0.4, -0.2) is 73.2 Å². The van der Waals surface area contributed by atoms with Crippen molar-refractivity contribution in [3.63, 3.8) is 0 Å². The Labute approximate surface area is 182 Å². The van der Waals surface area contributed by atoms with Crippen LogP contribution in [0.5, 0.6) is 0 Å². The van der Waals surface area contributed by atoms with Crippen LogP contribution in [0.2, 0.25) is 0 Å². The summed E-state index contributed by atoms with van der Waals surface area (Å²) in [6.45, 7) is 6.47. The van der Waals surface area contributed by atoms with Crippen LogP contribution in [0.3, 0.4) is 0 Å². The molecule has 0 aromatic heterocycles. The predicted octanol–water partition coefficient (Wildman–Crippen LogP) is 3.37. The van der Waals surface area contributed by atoms with E-state index in [2.05, 4.69) is 0 Å². The van der Waals surface area contributed by atoms with Crippen LogP contribution in [-0.2, 0) is 9.47 Å². The summed E-state index contributed by atoms with van der Waals surface area (Å²) in [6, 6.07) is 4.53. The Morgan fingerprint density at radius 1 is 1.32 bits per heavy atom. The van der Waals surface area contributed by atoms with Crippen molar-refractivity contribution in [2.24, 2.45) is 0 Å². The maximum absolute atomic E-state index is 15.0. The molecular weight excluding hydrogens is 405 g/mol. The van der Waals surface area contributed by atoms with Crippen LogP contribution < -0.4 is 9.80 Å². The van der Waals surface area contributed by atoms with E-state index in [-0.39, 0.29) is 25.3 Å². The maximum Gasteiger partial charge on any atom is 0.414 e. The van der Waals surface area contributed by atoms with Crippen molar-refractivity contribution in [1.82, 2.24) is 4.90 Å². The molecule has 3 rings (SSSR count). The van der Waals surface area contributed by atoms with Crippen LogP contribution in [0.25, 0.3) is 0 Å². The number of rotatable bonds is 4. The first-order valence-corrected chi connectivity index (χ1v) is 10.7. The standard InChI is InChI=1S/C22H32FN3O5/c1-22(2,3)31-20(28)25-10-6-5-7-16(12-25)24(4)19-9-8-15(11-18(19)23)26-13-17(14-27)30-21(26)29/h8-9,11,16-17,27H,5-7,10,12-14H2,1-4H3/t16?,17-/m1/s1. The second-order valence-electron chi connectivity index (χ2n) is 9.12. The third kappa shape index (κ3) is 5.58. The average molecular weight is 438 g/mol. The monoisotopic (exact) mass is 437 g/mol. The Kier molecular flexibility index (Phi) is 6.93. The number of halogens is 1. The topological polar surface area (TPSA) is 82.5 Å². The molecule has 2 saturated heterocycles. The number of benzene rings is 1. The zero-order valence-electron chi connectivity index (χ0n) is 18.6. The van der Waals surface area contributed by atoms with Gasteiger partial charge in [0.25, 0.3) is 0 Å². The number of aliphatic hydroxyl groups excluding tert-OH is 1. The number of anilines is 2. The Morgan fingerprint density at radius 2 is 2.06 bits per heavy atom. The first kappa shape index (κ1) is 23.1. The molecule has 2 aliphatic heterocycles. The van der Waals surface area contributed by atoms with Crippen molar-refractivity contribution >= 4 is 23.6 Å². The van der Waals surface area contributed by atoms with E-state index >= 15 is 4.39 Å². The summed E-state index contributed by atoms with van der Waals surface area (Å²) in [5, 5.41) is 9.19. The van der Waals surface area contributed by atoms with E-state index in [1.54, 1.807) is 17.0 Å². The van der Waals surface area contributed by atoms with Crippen LogP contribution in [0.15, 0.2) is 18.2 Å². The molecule has 2 fully saturated rings. The molecule has 8 nitrogen and oxygen atoms in total. The van der Waals surface area contributed by atoms with Crippen LogP contribution in [0, 0.1) is 5.82 Å². The molecule has 2 aliphatic rings. The molecule has 0 radical (unpaired) electrons. The number of aliphatic hydroxyl groups is 1. The fourth-order valence-electron chi connectivity index (χ4n) is 3.90.